The number of aryl methyl sites for hydroxylation is 2. The lowest BCUT2D eigenvalue weighted by atomic mass is 9.78. The van der Waals surface area contributed by atoms with Crippen LogP contribution < -0.4 is 0 Å². The Bertz CT molecular complexity index is 896. The van der Waals surface area contributed by atoms with Crippen LogP contribution in [0.2, 0.25) is 0 Å². The summed E-state index contributed by atoms with van der Waals surface area (Å²) in [6.07, 6.45) is 13.0. The minimum Gasteiger partial charge on any atom is -0.192 e. The molecule has 0 bridgehead atoms. The van der Waals surface area contributed by atoms with Gasteiger partial charge in [0.15, 0.2) is 0 Å². The zero-order valence-corrected chi connectivity index (χ0v) is 18.7. The highest BCUT2D eigenvalue weighted by molar-refractivity contribution is 5.49. The van der Waals surface area contributed by atoms with E-state index in [0.717, 1.165) is 46.9 Å². The van der Waals surface area contributed by atoms with Crippen molar-refractivity contribution in [1.82, 2.24) is 0 Å². The van der Waals surface area contributed by atoms with Crippen LogP contribution in [0.5, 0.6) is 0 Å². The van der Waals surface area contributed by atoms with Crippen LogP contribution in [-0.4, -0.2) is 0 Å². The maximum Gasteiger partial charge on any atom is 0.0994 e. The summed E-state index contributed by atoms with van der Waals surface area (Å²) in [4.78, 5) is 0. The SMILES string of the molecule is CCCc1ccc(C#Cc2ccc(CCC3CCC(CCC)CC3)cc2)cc1C#N. The molecule has 1 aliphatic rings. The average Bonchev–Trinajstić information content (AvgIpc) is 2.79. The number of benzene rings is 2. The summed E-state index contributed by atoms with van der Waals surface area (Å²) in [7, 11) is 0. The van der Waals surface area contributed by atoms with Crippen LogP contribution in [0.4, 0.5) is 0 Å². The van der Waals surface area contributed by atoms with Crippen molar-refractivity contribution in [3.8, 4) is 17.9 Å². The zero-order chi connectivity index (χ0) is 21.2. The van der Waals surface area contributed by atoms with Crippen LogP contribution in [0, 0.1) is 35.0 Å². The van der Waals surface area contributed by atoms with Gasteiger partial charge in [0.05, 0.1) is 11.6 Å². The van der Waals surface area contributed by atoms with Gasteiger partial charge in [-0.2, -0.15) is 5.26 Å². The van der Waals surface area contributed by atoms with Gasteiger partial charge in [0.1, 0.15) is 0 Å². The summed E-state index contributed by atoms with van der Waals surface area (Å²) >= 11 is 0. The van der Waals surface area contributed by atoms with Gasteiger partial charge >= 0.3 is 0 Å². The van der Waals surface area contributed by atoms with Gasteiger partial charge in [-0.05, 0) is 66.5 Å². The minimum atomic E-state index is 0.753. The summed E-state index contributed by atoms with van der Waals surface area (Å²) in [5.41, 5.74) is 5.24. The van der Waals surface area contributed by atoms with E-state index in [2.05, 4.69) is 56.0 Å². The Balaban J connectivity index is 1.53. The minimum absolute atomic E-state index is 0.753. The van der Waals surface area contributed by atoms with Crippen LogP contribution in [0.3, 0.4) is 0 Å². The highest BCUT2D eigenvalue weighted by Crippen LogP contribution is 2.33. The molecule has 2 aromatic rings. The molecule has 0 unspecified atom stereocenters. The first-order chi connectivity index (χ1) is 14.7. The molecule has 1 heteroatoms. The Morgan fingerprint density at radius 2 is 1.40 bits per heavy atom. The summed E-state index contributed by atoms with van der Waals surface area (Å²) in [6, 6.07) is 17.0. The van der Waals surface area contributed by atoms with E-state index < -0.39 is 0 Å². The molecule has 1 saturated carbocycles. The molecule has 0 aromatic heterocycles. The Kier molecular flexibility index (Phi) is 8.59. The van der Waals surface area contributed by atoms with E-state index in [1.54, 1.807) is 0 Å². The fraction of sp³-hybridized carbons (Fsp3) is 0.483. The van der Waals surface area contributed by atoms with E-state index in [-0.39, 0.29) is 0 Å². The second-order valence-electron chi connectivity index (χ2n) is 8.89. The molecule has 1 nitrogen and oxygen atoms in total. The quantitative estimate of drug-likeness (QED) is 0.445. The third-order valence-electron chi connectivity index (χ3n) is 6.56. The van der Waals surface area contributed by atoms with Crippen LogP contribution >= 0.6 is 0 Å². The van der Waals surface area contributed by atoms with Gasteiger partial charge in [0, 0.05) is 11.1 Å². The first-order valence-electron chi connectivity index (χ1n) is 11.9. The Morgan fingerprint density at radius 3 is 2.03 bits per heavy atom. The molecule has 0 atom stereocenters. The molecule has 1 fully saturated rings. The Labute approximate surface area is 183 Å². The molecule has 0 amide bonds. The van der Waals surface area contributed by atoms with Gasteiger partial charge in [0.2, 0.25) is 0 Å². The summed E-state index contributed by atoms with van der Waals surface area (Å²) in [6.45, 7) is 4.45. The lowest BCUT2D eigenvalue weighted by Crippen LogP contribution is -2.15. The molecule has 0 aliphatic heterocycles. The normalized spacial score (nSPS) is 18.3. The van der Waals surface area contributed by atoms with Crippen molar-refractivity contribution >= 4 is 0 Å². The number of rotatable bonds is 7. The number of hydrogen-bond acceptors (Lipinski definition) is 1. The third-order valence-corrected chi connectivity index (χ3v) is 6.56. The second kappa shape index (κ2) is 11.6. The molecule has 2 aromatic carbocycles. The van der Waals surface area contributed by atoms with Crippen molar-refractivity contribution < 1.29 is 0 Å². The van der Waals surface area contributed by atoms with Gasteiger partial charge in [-0.25, -0.2) is 0 Å². The number of nitriles is 1. The molecular formula is C29H35N. The largest absolute Gasteiger partial charge is 0.192 e. The van der Waals surface area contributed by atoms with Crippen molar-refractivity contribution in [2.75, 3.05) is 0 Å². The van der Waals surface area contributed by atoms with E-state index in [0.29, 0.717) is 0 Å². The maximum absolute atomic E-state index is 9.37. The van der Waals surface area contributed by atoms with Crippen molar-refractivity contribution in [1.29, 1.82) is 5.26 Å². The summed E-state index contributed by atoms with van der Waals surface area (Å²) < 4.78 is 0. The molecular weight excluding hydrogens is 362 g/mol. The molecule has 0 radical (unpaired) electrons. The van der Waals surface area contributed by atoms with E-state index >= 15 is 0 Å². The lowest BCUT2D eigenvalue weighted by Gasteiger charge is -2.28. The van der Waals surface area contributed by atoms with Gasteiger partial charge < -0.3 is 0 Å². The van der Waals surface area contributed by atoms with Gasteiger partial charge in [-0.1, -0.05) is 88.8 Å². The highest BCUT2D eigenvalue weighted by Gasteiger charge is 2.20. The van der Waals surface area contributed by atoms with Crippen LogP contribution in [-0.2, 0) is 12.8 Å². The first-order valence-corrected chi connectivity index (χ1v) is 11.9. The topological polar surface area (TPSA) is 23.8 Å². The van der Waals surface area contributed by atoms with Crippen molar-refractivity contribution in [2.45, 2.75) is 78.1 Å². The zero-order valence-electron chi connectivity index (χ0n) is 18.7. The molecule has 1 aliphatic carbocycles. The maximum atomic E-state index is 9.37. The molecule has 30 heavy (non-hydrogen) atoms. The van der Waals surface area contributed by atoms with Gasteiger partial charge in [-0.3, -0.25) is 0 Å². The Hall–Kier alpha value is -2.51. The van der Waals surface area contributed by atoms with Crippen molar-refractivity contribution in [3.63, 3.8) is 0 Å². The Morgan fingerprint density at radius 1 is 0.767 bits per heavy atom. The molecule has 3 rings (SSSR count). The molecule has 0 N–H and O–H groups in total. The van der Waals surface area contributed by atoms with Gasteiger partial charge in [-0.15, -0.1) is 0 Å². The number of nitrogens with zero attached hydrogens (tertiary/aromatic N) is 1. The van der Waals surface area contributed by atoms with E-state index in [1.807, 2.05) is 18.2 Å². The second-order valence-corrected chi connectivity index (χ2v) is 8.89. The molecule has 156 valence electrons. The van der Waals surface area contributed by atoms with Gasteiger partial charge in [0.25, 0.3) is 0 Å². The van der Waals surface area contributed by atoms with Crippen LogP contribution in [0.25, 0.3) is 0 Å². The third kappa shape index (κ3) is 6.50. The highest BCUT2D eigenvalue weighted by atomic mass is 14.3. The summed E-state index contributed by atoms with van der Waals surface area (Å²) in [5, 5.41) is 9.37. The van der Waals surface area contributed by atoms with E-state index in [4.69, 9.17) is 0 Å². The standard InChI is InChI=1S/C29H35N/c1-3-5-23-7-9-24(10-8-23)11-12-25-13-15-26(16-14-25)17-18-27-19-20-28(6-4-2)29(21-27)22-30/h13-16,19-21,23-24H,3-12H2,1-2H3. The fourth-order valence-electron chi connectivity index (χ4n) is 4.73. The van der Waals surface area contributed by atoms with Crippen LogP contribution in [0.15, 0.2) is 42.5 Å². The van der Waals surface area contributed by atoms with Crippen molar-refractivity contribution in [2.24, 2.45) is 11.8 Å². The first kappa shape index (κ1) is 22.2. The molecule has 0 saturated heterocycles. The lowest BCUT2D eigenvalue weighted by molar-refractivity contribution is 0.252. The predicted molar refractivity (Wildman–Crippen MR) is 126 cm³/mol. The average molecular weight is 398 g/mol. The molecule has 0 spiro atoms. The number of hydrogen-bond donors (Lipinski definition) is 0. The van der Waals surface area contributed by atoms with Crippen molar-refractivity contribution in [3.05, 3.63) is 70.3 Å². The van der Waals surface area contributed by atoms with Crippen LogP contribution in [0.1, 0.15) is 93.0 Å². The summed E-state index contributed by atoms with van der Waals surface area (Å²) in [5.74, 6) is 8.39. The smallest absolute Gasteiger partial charge is 0.0994 e. The monoisotopic (exact) mass is 397 g/mol. The fourth-order valence-corrected chi connectivity index (χ4v) is 4.73. The molecule has 0 heterocycles. The van der Waals surface area contributed by atoms with E-state index in [1.165, 1.54) is 56.9 Å². The predicted octanol–water partition coefficient (Wildman–Crippen LogP) is 7.45. The van der Waals surface area contributed by atoms with E-state index in [9.17, 15) is 5.26 Å².